The van der Waals surface area contributed by atoms with E-state index >= 15 is 0 Å². The molecule has 2 aliphatic heterocycles. The van der Waals surface area contributed by atoms with E-state index in [2.05, 4.69) is 13.8 Å². The molecule has 0 aromatic heterocycles. The fraction of sp³-hybridized carbons (Fsp3) is 0.650. The number of nitro benzene ring substituents is 1. The minimum Gasteiger partial charge on any atom is -0.366 e. The van der Waals surface area contributed by atoms with Crippen molar-refractivity contribution in [2.75, 3.05) is 36.8 Å². The summed E-state index contributed by atoms with van der Waals surface area (Å²) in [5.41, 5.74) is 0.740. The van der Waals surface area contributed by atoms with Gasteiger partial charge in [0.2, 0.25) is 5.91 Å². The van der Waals surface area contributed by atoms with Gasteiger partial charge in [-0.1, -0.05) is 26.0 Å². The summed E-state index contributed by atoms with van der Waals surface area (Å²) in [5, 5.41) is 11.3. The van der Waals surface area contributed by atoms with Crippen LogP contribution in [0.25, 0.3) is 0 Å². The number of carbonyl (C=O) groups is 1. The monoisotopic (exact) mass is 407 g/mol. The fourth-order valence-electron chi connectivity index (χ4n) is 4.40. The van der Waals surface area contributed by atoms with Gasteiger partial charge in [0.1, 0.15) is 5.69 Å². The van der Waals surface area contributed by atoms with Crippen molar-refractivity contribution in [3.05, 3.63) is 34.4 Å². The van der Waals surface area contributed by atoms with Crippen LogP contribution in [0.2, 0.25) is 0 Å². The molecule has 2 aliphatic rings. The molecule has 2 fully saturated rings. The number of piperidine rings is 1. The lowest BCUT2D eigenvalue weighted by atomic mass is 9.93. The van der Waals surface area contributed by atoms with Crippen LogP contribution in [-0.4, -0.2) is 56.6 Å². The summed E-state index contributed by atoms with van der Waals surface area (Å²) in [7, 11) is -0.883. The molecule has 3 rings (SSSR count). The molecule has 0 N–H and O–H groups in total. The molecule has 0 bridgehead atoms. The molecule has 0 saturated carbocycles. The van der Waals surface area contributed by atoms with Crippen molar-refractivity contribution in [1.82, 2.24) is 4.90 Å². The molecule has 0 spiro atoms. The summed E-state index contributed by atoms with van der Waals surface area (Å²) >= 11 is 0. The first kappa shape index (κ1) is 20.8. The maximum absolute atomic E-state index is 13.1. The van der Waals surface area contributed by atoms with Gasteiger partial charge in [0.15, 0.2) is 0 Å². The number of hydrogen-bond acceptors (Lipinski definition) is 5. The third-order valence-corrected chi connectivity index (χ3v) is 8.60. The van der Waals surface area contributed by atoms with Crippen LogP contribution in [0.3, 0.4) is 0 Å². The molecule has 154 valence electrons. The number of carbonyl (C=O) groups excluding carboxylic acids is 1. The number of hydrogen-bond donors (Lipinski definition) is 0. The van der Waals surface area contributed by atoms with Crippen molar-refractivity contribution < 1.29 is 13.9 Å². The van der Waals surface area contributed by atoms with Gasteiger partial charge < -0.3 is 9.80 Å². The molecule has 1 unspecified atom stereocenters. The Bertz CT molecular complexity index is 758. The van der Waals surface area contributed by atoms with Crippen molar-refractivity contribution in [2.45, 2.75) is 44.3 Å². The topological polar surface area (TPSA) is 83.8 Å². The molecule has 1 aromatic rings. The molecule has 8 heteroatoms. The lowest BCUT2D eigenvalue weighted by molar-refractivity contribution is -0.384. The Labute approximate surface area is 168 Å². The van der Waals surface area contributed by atoms with Crippen LogP contribution in [0, 0.1) is 16.0 Å². The lowest BCUT2D eigenvalue weighted by Gasteiger charge is -2.43. The minimum atomic E-state index is -0.883. The van der Waals surface area contributed by atoms with Gasteiger partial charge in [0.05, 0.1) is 9.67 Å². The Morgan fingerprint density at radius 3 is 2.46 bits per heavy atom. The van der Waals surface area contributed by atoms with Crippen LogP contribution >= 0.6 is 0 Å². The van der Waals surface area contributed by atoms with Crippen molar-refractivity contribution in [1.29, 1.82) is 0 Å². The van der Waals surface area contributed by atoms with E-state index in [0.29, 0.717) is 50.5 Å². The van der Waals surface area contributed by atoms with Gasteiger partial charge in [0, 0.05) is 54.7 Å². The summed E-state index contributed by atoms with van der Waals surface area (Å²) in [4.78, 5) is 28.0. The first-order chi connectivity index (χ1) is 13.4. The van der Waals surface area contributed by atoms with Gasteiger partial charge in [0.25, 0.3) is 5.69 Å². The van der Waals surface area contributed by atoms with Crippen LogP contribution in [-0.2, 0) is 15.6 Å². The van der Waals surface area contributed by atoms with Crippen LogP contribution in [0.15, 0.2) is 24.3 Å². The lowest BCUT2D eigenvalue weighted by Crippen LogP contribution is -2.56. The van der Waals surface area contributed by atoms with E-state index in [1.54, 1.807) is 12.1 Å². The Hall–Kier alpha value is -1.96. The third-order valence-electron chi connectivity index (χ3n) is 6.37. The van der Waals surface area contributed by atoms with Gasteiger partial charge in [-0.2, -0.15) is 0 Å². The summed E-state index contributed by atoms with van der Waals surface area (Å²) < 4.78 is 12.2. The Morgan fingerprint density at radius 2 is 1.86 bits per heavy atom. The van der Waals surface area contributed by atoms with Crippen LogP contribution in [0.4, 0.5) is 11.4 Å². The number of amides is 1. The first-order valence-corrected chi connectivity index (χ1v) is 11.4. The summed E-state index contributed by atoms with van der Waals surface area (Å²) in [6.45, 7) is 6.52. The molecule has 2 heterocycles. The standard InChI is InChI=1S/C20H29N3O4S/c1-3-20(4-2)15-22(13-14-28(20)27)19(24)16-9-11-21(12-10-16)17-7-5-6-8-18(17)23(25)26/h5-8,16H,3-4,9-15H2,1-2H3. The number of rotatable bonds is 5. The van der Waals surface area contributed by atoms with E-state index in [0.717, 1.165) is 12.8 Å². The molecular formula is C20H29N3O4S. The Kier molecular flexibility index (Phi) is 6.37. The highest BCUT2D eigenvalue weighted by Gasteiger charge is 2.42. The van der Waals surface area contributed by atoms with Crippen LogP contribution in [0.5, 0.6) is 0 Å². The van der Waals surface area contributed by atoms with Crippen molar-refractivity contribution in [2.24, 2.45) is 5.92 Å². The van der Waals surface area contributed by atoms with Crippen molar-refractivity contribution in [3.63, 3.8) is 0 Å². The van der Waals surface area contributed by atoms with E-state index in [9.17, 15) is 19.1 Å². The molecule has 2 saturated heterocycles. The Morgan fingerprint density at radius 1 is 1.21 bits per heavy atom. The van der Waals surface area contributed by atoms with Gasteiger partial charge in [-0.05, 0) is 31.7 Å². The van der Waals surface area contributed by atoms with Gasteiger partial charge in [-0.3, -0.25) is 19.1 Å². The number of anilines is 1. The van der Waals surface area contributed by atoms with E-state index < -0.39 is 10.8 Å². The summed E-state index contributed by atoms with van der Waals surface area (Å²) in [5.74, 6) is 0.657. The predicted octanol–water partition coefficient (Wildman–Crippen LogP) is 2.96. The highest BCUT2D eigenvalue weighted by molar-refractivity contribution is 7.86. The minimum absolute atomic E-state index is 0.0584. The largest absolute Gasteiger partial charge is 0.366 e. The second-order valence-electron chi connectivity index (χ2n) is 7.71. The second kappa shape index (κ2) is 8.59. The quantitative estimate of drug-likeness (QED) is 0.553. The van der Waals surface area contributed by atoms with Gasteiger partial charge >= 0.3 is 0 Å². The highest BCUT2D eigenvalue weighted by Crippen LogP contribution is 2.33. The first-order valence-electron chi connectivity index (χ1n) is 10.1. The van der Waals surface area contributed by atoms with Crippen molar-refractivity contribution in [3.8, 4) is 0 Å². The fourth-order valence-corrected chi connectivity index (χ4v) is 6.17. The second-order valence-corrected chi connectivity index (χ2v) is 9.67. The molecule has 0 radical (unpaired) electrons. The normalized spacial score (nSPS) is 22.9. The number of para-hydroxylation sites is 2. The van der Waals surface area contributed by atoms with E-state index in [1.807, 2.05) is 15.9 Å². The Balaban J connectivity index is 1.65. The maximum atomic E-state index is 13.1. The smallest absolute Gasteiger partial charge is 0.292 e. The van der Waals surface area contributed by atoms with E-state index in [-0.39, 0.29) is 27.2 Å². The van der Waals surface area contributed by atoms with Crippen LogP contribution in [0.1, 0.15) is 39.5 Å². The average Bonchev–Trinajstić information content (AvgIpc) is 2.74. The third kappa shape index (κ3) is 3.92. The number of nitrogens with zero attached hydrogens (tertiary/aromatic N) is 3. The van der Waals surface area contributed by atoms with Gasteiger partial charge in [-0.25, -0.2) is 0 Å². The average molecular weight is 408 g/mol. The molecule has 7 nitrogen and oxygen atoms in total. The highest BCUT2D eigenvalue weighted by atomic mass is 32.2. The summed E-state index contributed by atoms with van der Waals surface area (Å²) in [6, 6.07) is 6.78. The SMILES string of the molecule is CCC1(CC)CN(C(=O)C2CCN(c3ccccc3[N+](=O)[O-])CC2)CCS1=O. The summed E-state index contributed by atoms with van der Waals surface area (Å²) in [6.07, 6.45) is 3.01. The van der Waals surface area contributed by atoms with E-state index in [1.165, 1.54) is 6.07 Å². The zero-order valence-electron chi connectivity index (χ0n) is 16.6. The predicted molar refractivity (Wildman–Crippen MR) is 111 cm³/mol. The van der Waals surface area contributed by atoms with Gasteiger partial charge in [-0.15, -0.1) is 0 Å². The zero-order chi connectivity index (χ0) is 20.3. The zero-order valence-corrected chi connectivity index (χ0v) is 17.5. The molecule has 1 atom stereocenters. The molecular weight excluding hydrogens is 378 g/mol. The molecule has 0 aliphatic carbocycles. The molecule has 28 heavy (non-hydrogen) atoms. The number of nitro groups is 1. The van der Waals surface area contributed by atoms with Crippen LogP contribution < -0.4 is 4.90 Å². The maximum Gasteiger partial charge on any atom is 0.292 e. The number of benzene rings is 1. The van der Waals surface area contributed by atoms with Crippen molar-refractivity contribution >= 4 is 28.1 Å². The molecule has 1 amide bonds. The molecule has 1 aromatic carbocycles. The van der Waals surface area contributed by atoms with E-state index in [4.69, 9.17) is 0 Å².